The fourth-order valence-electron chi connectivity index (χ4n) is 3.69. The Hall–Kier alpha value is -2.38. The molecule has 5 nitrogen and oxygen atoms in total. The van der Waals surface area contributed by atoms with Gasteiger partial charge in [-0.05, 0) is 61.7 Å². The first-order valence-corrected chi connectivity index (χ1v) is 12.1. The van der Waals surface area contributed by atoms with E-state index >= 15 is 0 Å². The molecule has 0 bridgehead atoms. The smallest absolute Gasteiger partial charge is 0.223 e. The molecule has 0 radical (unpaired) electrons. The Kier molecular flexibility index (Phi) is 7.25. The van der Waals surface area contributed by atoms with Crippen molar-refractivity contribution in [2.24, 2.45) is 5.92 Å². The average Bonchev–Trinajstić information content (AvgIpc) is 2.82. The summed E-state index contributed by atoms with van der Waals surface area (Å²) in [7, 11) is 0. The van der Waals surface area contributed by atoms with Crippen molar-refractivity contribution >= 4 is 39.4 Å². The molecule has 7 heteroatoms. The topological polar surface area (TPSA) is 58.1 Å². The molecule has 0 spiro atoms. The number of rotatable bonds is 6. The van der Waals surface area contributed by atoms with Gasteiger partial charge in [-0.2, -0.15) is 0 Å². The van der Waals surface area contributed by atoms with Gasteiger partial charge in [-0.1, -0.05) is 58.0 Å². The second-order valence-electron chi connectivity index (χ2n) is 7.69. The van der Waals surface area contributed by atoms with E-state index in [1.54, 1.807) is 11.8 Å². The van der Waals surface area contributed by atoms with Crippen molar-refractivity contribution in [3.63, 3.8) is 0 Å². The molecule has 0 unspecified atom stereocenters. The zero-order valence-electron chi connectivity index (χ0n) is 17.4. The predicted molar refractivity (Wildman–Crippen MR) is 128 cm³/mol. The fraction of sp³-hybridized carbons (Fsp3) is 0.292. The number of aromatic nitrogens is 2. The Morgan fingerprint density at radius 3 is 2.39 bits per heavy atom. The number of halogens is 1. The number of hydrogen-bond acceptors (Lipinski definition) is 5. The van der Waals surface area contributed by atoms with E-state index < -0.39 is 0 Å². The summed E-state index contributed by atoms with van der Waals surface area (Å²) in [4.78, 5) is 16.0. The third-order valence-electron chi connectivity index (χ3n) is 5.51. The van der Waals surface area contributed by atoms with Crippen LogP contribution in [0.4, 0.5) is 5.82 Å². The van der Waals surface area contributed by atoms with E-state index in [-0.39, 0.29) is 17.9 Å². The normalized spacial score (nSPS) is 15.5. The van der Waals surface area contributed by atoms with Crippen molar-refractivity contribution in [1.82, 2.24) is 15.5 Å². The van der Waals surface area contributed by atoms with Gasteiger partial charge in [0.05, 0.1) is 6.04 Å². The lowest BCUT2D eigenvalue weighted by Crippen LogP contribution is -2.41. The van der Waals surface area contributed by atoms with Crippen molar-refractivity contribution in [2.75, 3.05) is 18.0 Å². The maximum atomic E-state index is 12.7. The largest absolute Gasteiger partial charge is 0.355 e. The van der Waals surface area contributed by atoms with Gasteiger partial charge in [0.15, 0.2) is 5.82 Å². The highest BCUT2D eigenvalue weighted by atomic mass is 79.9. The van der Waals surface area contributed by atoms with Crippen molar-refractivity contribution in [3.05, 3.63) is 76.8 Å². The maximum absolute atomic E-state index is 12.7. The van der Waals surface area contributed by atoms with E-state index in [1.165, 1.54) is 0 Å². The second-order valence-corrected chi connectivity index (χ2v) is 9.70. The van der Waals surface area contributed by atoms with E-state index in [1.807, 2.05) is 61.5 Å². The molecule has 1 atom stereocenters. The van der Waals surface area contributed by atoms with Gasteiger partial charge in [0.2, 0.25) is 5.91 Å². The van der Waals surface area contributed by atoms with Gasteiger partial charge in [0.25, 0.3) is 0 Å². The summed E-state index contributed by atoms with van der Waals surface area (Å²) in [6, 6.07) is 22.3. The van der Waals surface area contributed by atoms with Crippen LogP contribution in [0.2, 0.25) is 0 Å². The molecule has 1 aromatic heterocycles. The fourth-order valence-corrected chi connectivity index (χ4v) is 4.68. The highest BCUT2D eigenvalue weighted by molar-refractivity contribution is 9.10. The first-order valence-electron chi connectivity index (χ1n) is 10.5. The first kappa shape index (κ1) is 21.8. The number of carbonyl (C=O) groups is 1. The molecule has 1 saturated heterocycles. The van der Waals surface area contributed by atoms with Crippen LogP contribution in [0.15, 0.2) is 81.1 Å². The quantitative estimate of drug-likeness (QED) is 0.489. The summed E-state index contributed by atoms with van der Waals surface area (Å²) in [6.45, 7) is 3.66. The minimum Gasteiger partial charge on any atom is -0.355 e. The standard InChI is InChI=1S/C24H25BrN4OS/c1-17(18-5-3-2-4-6-18)26-24(30)19-13-15-29(16-14-19)22-11-12-23(28-27-22)31-21-9-7-20(25)8-10-21/h2-12,17,19H,13-16H2,1H3,(H,26,30)/t17-/m1/s1. The van der Waals surface area contributed by atoms with Gasteiger partial charge in [0.1, 0.15) is 5.03 Å². The summed E-state index contributed by atoms with van der Waals surface area (Å²) in [5.41, 5.74) is 1.13. The van der Waals surface area contributed by atoms with Crippen LogP contribution in [0.1, 0.15) is 31.4 Å². The van der Waals surface area contributed by atoms with Crippen LogP contribution in [-0.4, -0.2) is 29.2 Å². The van der Waals surface area contributed by atoms with Crippen LogP contribution < -0.4 is 10.2 Å². The Morgan fingerprint density at radius 2 is 1.74 bits per heavy atom. The molecule has 1 aliphatic heterocycles. The SMILES string of the molecule is C[C@@H](NC(=O)C1CCN(c2ccc(Sc3ccc(Br)cc3)nn2)CC1)c1ccccc1. The minimum atomic E-state index is 0.0216. The third kappa shape index (κ3) is 5.86. The molecule has 4 rings (SSSR count). The monoisotopic (exact) mass is 496 g/mol. The van der Waals surface area contributed by atoms with Gasteiger partial charge >= 0.3 is 0 Å². The number of hydrogen-bond donors (Lipinski definition) is 1. The highest BCUT2D eigenvalue weighted by Gasteiger charge is 2.26. The van der Waals surface area contributed by atoms with Crippen molar-refractivity contribution in [1.29, 1.82) is 0 Å². The Bertz CT molecular complexity index is 990. The van der Waals surface area contributed by atoms with E-state index in [4.69, 9.17) is 0 Å². The molecule has 2 aromatic carbocycles. The molecule has 1 fully saturated rings. The molecule has 1 amide bonds. The minimum absolute atomic E-state index is 0.0216. The molecule has 0 aliphatic carbocycles. The second kappa shape index (κ2) is 10.3. The predicted octanol–water partition coefficient (Wildman–Crippen LogP) is 5.48. The number of piperidine rings is 1. The summed E-state index contributed by atoms with van der Waals surface area (Å²) in [5.74, 6) is 1.06. The van der Waals surface area contributed by atoms with Gasteiger partial charge in [0, 0.05) is 28.4 Å². The molecule has 3 aromatic rings. The van der Waals surface area contributed by atoms with Crippen LogP contribution in [0, 0.1) is 5.92 Å². The van der Waals surface area contributed by atoms with Gasteiger partial charge in [-0.15, -0.1) is 10.2 Å². The Labute approximate surface area is 195 Å². The summed E-state index contributed by atoms with van der Waals surface area (Å²) in [6.07, 6.45) is 1.65. The molecule has 1 aliphatic rings. The van der Waals surface area contributed by atoms with Gasteiger partial charge in [-0.3, -0.25) is 4.79 Å². The zero-order valence-corrected chi connectivity index (χ0v) is 19.8. The summed E-state index contributed by atoms with van der Waals surface area (Å²) < 4.78 is 1.06. The number of anilines is 1. The molecule has 31 heavy (non-hydrogen) atoms. The Balaban J connectivity index is 1.28. The molecular formula is C24H25BrN4OS. The van der Waals surface area contributed by atoms with Crippen LogP contribution in [0.25, 0.3) is 0 Å². The van der Waals surface area contributed by atoms with E-state index in [9.17, 15) is 4.79 Å². The van der Waals surface area contributed by atoms with Crippen LogP contribution in [0.3, 0.4) is 0 Å². The summed E-state index contributed by atoms with van der Waals surface area (Å²) in [5, 5.41) is 12.8. The zero-order chi connectivity index (χ0) is 21.6. The van der Waals surface area contributed by atoms with E-state index in [2.05, 4.69) is 48.5 Å². The maximum Gasteiger partial charge on any atom is 0.223 e. The van der Waals surface area contributed by atoms with Gasteiger partial charge in [-0.25, -0.2) is 0 Å². The van der Waals surface area contributed by atoms with Gasteiger partial charge < -0.3 is 10.2 Å². The lowest BCUT2D eigenvalue weighted by Gasteiger charge is -2.32. The molecule has 2 heterocycles. The first-order chi connectivity index (χ1) is 15.1. The molecule has 160 valence electrons. The number of nitrogens with one attached hydrogen (secondary N) is 1. The summed E-state index contributed by atoms with van der Waals surface area (Å²) >= 11 is 5.05. The lowest BCUT2D eigenvalue weighted by molar-refractivity contribution is -0.126. The van der Waals surface area contributed by atoms with Crippen LogP contribution >= 0.6 is 27.7 Å². The molecule has 0 saturated carbocycles. The number of carbonyl (C=O) groups excluding carboxylic acids is 1. The molecule has 1 N–H and O–H groups in total. The van der Waals surface area contributed by atoms with Crippen LogP contribution in [-0.2, 0) is 4.79 Å². The van der Waals surface area contributed by atoms with E-state index in [0.717, 1.165) is 51.7 Å². The number of benzene rings is 2. The number of amides is 1. The van der Waals surface area contributed by atoms with Crippen molar-refractivity contribution in [2.45, 2.75) is 35.7 Å². The average molecular weight is 497 g/mol. The number of nitrogens with zero attached hydrogens (tertiary/aromatic N) is 3. The van der Waals surface area contributed by atoms with Crippen LogP contribution in [0.5, 0.6) is 0 Å². The van der Waals surface area contributed by atoms with E-state index in [0.29, 0.717) is 0 Å². The Morgan fingerprint density at radius 1 is 1.03 bits per heavy atom. The molecular weight excluding hydrogens is 472 g/mol. The van der Waals surface area contributed by atoms with Crippen molar-refractivity contribution < 1.29 is 4.79 Å². The van der Waals surface area contributed by atoms with Crippen molar-refractivity contribution in [3.8, 4) is 0 Å². The lowest BCUT2D eigenvalue weighted by atomic mass is 9.95. The third-order valence-corrected chi connectivity index (χ3v) is 6.97. The highest BCUT2D eigenvalue weighted by Crippen LogP contribution is 2.28.